The Morgan fingerprint density at radius 1 is 0.939 bits per heavy atom. The van der Waals surface area contributed by atoms with Crippen LogP contribution in [0.2, 0.25) is 0 Å². The molecule has 5 heteroatoms. The van der Waals surface area contributed by atoms with E-state index in [0.29, 0.717) is 19.5 Å². The van der Waals surface area contributed by atoms with Gasteiger partial charge >= 0.3 is 0 Å². The van der Waals surface area contributed by atoms with Gasteiger partial charge in [-0.1, -0.05) is 76.1 Å². The molecule has 0 aliphatic carbocycles. The molecule has 1 heterocycles. The van der Waals surface area contributed by atoms with Crippen LogP contribution in [0.5, 0.6) is 0 Å². The number of rotatable bonds is 4. The molecule has 33 heavy (non-hydrogen) atoms. The molecule has 0 spiro atoms. The molecule has 1 aliphatic rings. The maximum Gasteiger partial charge on any atom is 0.227 e. The van der Waals surface area contributed by atoms with Crippen molar-refractivity contribution in [3.63, 3.8) is 0 Å². The average Bonchev–Trinajstić information content (AvgIpc) is 2.85. The van der Waals surface area contributed by atoms with Gasteiger partial charge in [-0.2, -0.15) is 0 Å². The maximum atomic E-state index is 13.4. The Balaban J connectivity index is 1.55. The number of halogens is 1. The first-order chi connectivity index (χ1) is 16.1. The van der Waals surface area contributed by atoms with Crippen molar-refractivity contribution in [2.75, 3.05) is 31.5 Å². The fourth-order valence-electron chi connectivity index (χ4n) is 4.25. The average molecular weight is 506 g/mol. The maximum absolute atomic E-state index is 13.4. The van der Waals surface area contributed by atoms with Crippen LogP contribution in [0.15, 0.2) is 77.3 Å². The molecule has 0 bridgehead atoms. The molecule has 1 amide bonds. The van der Waals surface area contributed by atoms with Crippen LogP contribution in [-0.4, -0.2) is 41.9 Å². The molecule has 0 atom stereocenters. The van der Waals surface area contributed by atoms with Gasteiger partial charge in [0.2, 0.25) is 5.91 Å². The normalized spacial score (nSPS) is 15.3. The molecule has 3 aromatic rings. The Morgan fingerprint density at radius 3 is 2.52 bits per heavy atom. The minimum absolute atomic E-state index is 0.170. The lowest BCUT2D eigenvalue weighted by atomic mass is 10.1. The van der Waals surface area contributed by atoms with Crippen LogP contribution in [-0.2, 0) is 24.3 Å². The molecule has 3 aromatic carbocycles. The van der Waals surface area contributed by atoms with Crippen molar-refractivity contribution >= 4 is 27.5 Å². The highest BCUT2D eigenvalue weighted by Crippen LogP contribution is 2.24. The number of carbonyl (C=O) groups is 1. The predicted molar refractivity (Wildman–Crippen MR) is 139 cm³/mol. The molecule has 0 saturated heterocycles. The number of nitrogens with one attached hydrogen (secondary N) is 1. The standard InChI is InChI=1S/C28H32BrN3O/c1-22-8-10-23(11-9-22)18-28(33)32-17-16-31(20-24-6-3-2-4-7-24)15-5-14-30-27-13-12-26(29)19-25(27)21-32/h2-4,6-13,19,30H,5,14-18,20-21H2,1H3. The topological polar surface area (TPSA) is 35.6 Å². The zero-order valence-corrected chi connectivity index (χ0v) is 20.9. The number of anilines is 1. The molecule has 4 nitrogen and oxygen atoms in total. The Hall–Kier alpha value is -2.63. The van der Waals surface area contributed by atoms with Gasteiger partial charge < -0.3 is 10.2 Å². The molecule has 1 N–H and O–H groups in total. The quantitative estimate of drug-likeness (QED) is 0.497. The monoisotopic (exact) mass is 505 g/mol. The highest BCUT2D eigenvalue weighted by atomic mass is 79.9. The number of fused-ring (bicyclic) bond motifs is 1. The highest BCUT2D eigenvalue weighted by molar-refractivity contribution is 9.10. The van der Waals surface area contributed by atoms with Crippen LogP contribution in [0.3, 0.4) is 0 Å². The van der Waals surface area contributed by atoms with Gasteiger partial charge in [-0.3, -0.25) is 9.69 Å². The number of aryl methyl sites for hydroxylation is 1. The van der Waals surface area contributed by atoms with E-state index in [4.69, 9.17) is 0 Å². The number of amides is 1. The molecule has 0 saturated carbocycles. The number of hydrogen-bond donors (Lipinski definition) is 1. The Bertz CT molecular complexity index is 1050. The summed E-state index contributed by atoms with van der Waals surface area (Å²) in [5.74, 6) is 0.170. The molecule has 1 aliphatic heterocycles. The first-order valence-electron chi connectivity index (χ1n) is 11.7. The summed E-state index contributed by atoms with van der Waals surface area (Å²) in [6.07, 6.45) is 1.48. The summed E-state index contributed by atoms with van der Waals surface area (Å²) in [5.41, 5.74) is 5.85. The third-order valence-corrected chi connectivity index (χ3v) is 6.65. The second-order valence-corrected chi connectivity index (χ2v) is 9.74. The van der Waals surface area contributed by atoms with E-state index in [2.05, 4.69) is 106 Å². The fraction of sp³-hybridized carbons (Fsp3) is 0.321. The van der Waals surface area contributed by atoms with Crippen LogP contribution in [0.4, 0.5) is 5.69 Å². The van der Waals surface area contributed by atoms with E-state index in [1.54, 1.807) is 0 Å². The van der Waals surface area contributed by atoms with Gasteiger partial charge in [0.05, 0.1) is 6.42 Å². The third kappa shape index (κ3) is 6.92. The van der Waals surface area contributed by atoms with Crippen molar-refractivity contribution in [2.45, 2.75) is 32.9 Å². The van der Waals surface area contributed by atoms with Crippen LogP contribution in [0.25, 0.3) is 0 Å². The second-order valence-electron chi connectivity index (χ2n) is 8.82. The van der Waals surface area contributed by atoms with Crippen molar-refractivity contribution in [2.24, 2.45) is 0 Å². The lowest BCUT2D eigenvalue weighted by Crippen LogP contribution is -2.39. The van der Waals surface area contributed by atoms with Gasteiger partial charge in [-0.15, -0.1) is 0 Å². The molecule has 0 radical (unpaired) electrons. The molecular weight excluding hydrogens is 474 g/mol. The second kappa shape index (κ2) is 11.5. The smallest absolute Gasteiger partial charge is 0.227 e. The molecule has 0 fully saturated rings. The molecule has 0 unspecified atom stereocenters. The molecule has 0 aromatic heterocycles. The van der Waals surface area contributed by atoms with Crippen LogP contribution < -0.4 is 5.32 Å². The van der Waals surface area contributed by atoms with Gasteiger partial charge in [0.25, 0.3) is 0 Å². The van der Waals surface area contributed by atoms with E-state index >= 15 is 0 Å². The lowest BCUT2D eigenvalue weighted by molar-refractivity contribution is -0.131. The summed E-state index contributed by atoms with van der Waals surface area (Å²) in [7, 11) is 0. The fourth-order valence-corrected chi connectivity index (χ4v) is 4.66. The lowest BCUT2D eigenvalue weighted by Gasteiger charge is -2.28. The van der Waals surface area contributed by atoms with Gasteiger partial charge in [0.1, 0.15) is 0 Å². The van der Waals surface area contributed by atoms with Crippen molar-refractivity contribution in [3.8, 4) is 0 Å². The molecule has 172 valence electrons. The minimum Gasteiger partial charge on any atom is -0.385 e. The first-order valence-corrected chi connectivity index (χ1v) is 12.5. The summed E-state index contributed by atoms with van der Waals surface area (Å²) in [5, 5.41) is 3.60. The van der Waals surface area contributed by atoms with E-state index in [1.807, 2.05) is 4.90 Å². The zero-order valence-electron chi connectivity index (χ0n) is 19.3. The van der Waals surface area contributed by atoms with Crippen molar-refractivity contribution in [1.82, 2.24) is 9.80 Å². The Kier molecular flexibility index (Phi) is 8.19. The molecule has 4 rings (SSSR count). The van der Waals surface area contributed by atoms with Crippen LogP contribution in [0.1, 0.15) is 28.7 Å². The van der Waals surface area contributed by atoms with E-state index < -0.39 is 0 Å². The summed E-state index contributed by atoms with van der Waals surface area (Å²) < 4.78 is 1.04. The van der Waals surface area contributed by atoms with E-state index in [1.165, 1.54) is 11.1 Å². The zero-order chi connectivity index (χ0) is 23.0. The summed E-state index contributed by atoms with van der Waals surface area (Å²) >= 11 is 3.61. The van der Waals surface area contributed by atoms with Crippen molar-refractivity contribution < 1.29 is 4.79 Å². The van der Waals surface area contributed by atoms with Crippen LogP contribution >= 0.6 is 15.9 Å². The van der Waals surface area contributed by atoms with Gasteiger partial charge in [0, 0.05) is 49.4 Å². The van der Waals surface area contributed by atoms with E-state index in [-0.39, 0.29) is 5.91 Å². The van der Waals surface area contributed by atoms with E-state index in [0.717, 1.165) is 53.9 Å². The number of carbonyl (C=O) groups excluding carboxylic acids is 1. The SMILES string of the molecule is Cc1ccc(CC(=O)N2CCN(Cc3ccccc3)CCCNc3ccc(Br)cc3C2)cc1. The van der Waals surface area contributed by atoms with Crippen molar-refractivity contribution in [3.05, 3.63) is 99.5 Å². The molecular formula is C28H32BrN3O. The summed E-state index contributed by atoms with van der Waals surface area (Å²) in [6, 6.07) is 25.2. The first kappa shape index (κ1) is 23.5. The minimum atomic E-state index is 0.170. The summed E-state index contributed by atoms with van der Waals surface area (Å²) in [6.45, 7) is 7.06. The van der Waals surface area contributed by atoms with Gasteiger partial charge in [-0.25, -0.2) is 0 Å². The Morgan fingerprint density at radius 2 is 1.73 bits per heavy atom. The van der Waals surface area contributed by atoms with Gasteiger partial charge in [0.15, 0.2) is 0 Å². The number of benzene rings is 3. The number of nitrogens with zero attached hydrogens (tertiary/aromatic N) is 2. The van der Waals surface area contributed by atoms with Crippen LogP contribution in [0, 0.1) is 6.92 Å². The third-order valence-electron chi connectivity index (χ3n) is 6.16. The predicted octanol–water partition coefficient (Wildman–Crippen LogP) is 5.65. The Labute approximate surface area is 205 Å². The van der Waals surface area contributed by atoms with E-state index in [9.17, 15) is 4.79 Å². The number of hydrogen-bond acceptors (Lipinski definition) is 3. The van der Waals surface area contributed by atoms with Crippen molar-refractivity contribution in [1.29, 1.82) is 0 Å². The summed E-state index contributed by atoms with van der Waals surface area (Å²) in [4.78, 5) is 17.9. The highest BCUT2D eigenvalue weighted by Gasteiger charge is 2.19. The van der Waals surface area contributed by atoms with Gasteiger partial charge in [-0.05, 0) is 48.2 Å². The largest absolute Gasteiger partial charge is 0.385 e.